The highest BCUT2D eigenvalue weighted by molar-refractivity contribution is 7.86. The number of benzene rings is 2. The zero-order valence-electron chi connectivity index (χ0n) is 37.9. The van der Waals surface area contributed by atoms with Crippen molar-refractivity contribution in [3.63, 3.8) is 0 Å². The van der Waals surface area contributed by atoms with E-state index < -0.39 is 90.4 Å². The Morgan fingerprint density at radius 2 is 1.30 bits per heavy atom. The molecule has 3 aliphatic rings. The lowest BCUT2D eigenvalue weighted by Crippen LogP contribution is -2.33. The molecule has 0 bridgehead atoms. The van der Waals surface area contributed by atoms with E-state index in [0.29, 0.717) is 45.6 Å². The molecule has 2 aromatic rings. The number of hydrogen-bond acceptors (Lipinski definition) is 20. The Hall–Kier alpha value is -4.74. The summed E-state index contributed by atoms with van der Waals surface area (Å²) in [5.41, 5.74) is 0.215. The molecule has 26 heteroatoms. The number of hydrogen-bond donors (Lipinski definition) is 0. The third-order valence-electron chi connectivity index (χ3n) is 11.9. The average molecular weight is 1040 g/mol. The van der Waals surface area contributed by atoms with E-state index >= 15 is 0 Å². The standard InChI is InChI=1S/C43H55N3O19S4/c1-42(18-7-27-66(50,51)52)33-29-31(68(56,57)58)11-13-35(33)44(20-23-63-22-17-41(49)65-46-39(47)15-16-40(46)48)37(42)9-5-4-6-10-38-43(2,19-8-28-67(53,54)55)34-30-32(69(59,60)61)12-14-36(34)45(38)21-24-64-26-25-62-3/h4-6,9-14,29-30H,7-8,15-28H2,1-3H3,(H3-,50,51,52,53,54,55,56,57,58,59,60,61)/p-3. The summed E-state index contributed by atoms with van der Waals surface area (Å²) in [5, 5.41) is 0.408. The molecule has 22 nitrogen and oxygen atoms in total. The number of nitrogens with zero attached hydrogens (tertiary/aromatic N) is 3. The maximum Gasteiger partial charge on any atom is 0.335 e. The van der Waals surface area contributed by atoms with E-state index in [4.69, 9.17) is 19.0 Å². The van der Waals surface area contributed by atoms with Gasteiger partial charge in [0.25, 0.3) is 11.8 Å². The molecule has 0 N–H and O–H groups in total. The first kappa shape index (κ1) is 55.2. The van der Waals surface area contributed by atoms with Gasteiger partial charge in [-0.1, -0.05) is 18.2 Å². The molecular formula is C43H52N3O19S4-3. The molecular weight excluding hydrogens is 991 g/mol. The van der Waals surface area contributed by atoms with Crippen LogP contribution in [-0.4, -0.2) is 150 Å². The number of imide groups is 1. The summed E-state index contributed by atoms with van der Waals surface area (Å²) in [6.07, 6.45) is 7.34. The Bertz CT molecular complexity index is 2860. The normalized spacial score (nSPS) is 20.6. The third-order valence-corrected chi connectivity index (χ3v) is 15.1. The van der Waals surface area contributed by atoms with Crippen LogP contribution in [0.1, 0.15) is 69.9 Å². The van der Waals surface area contributed by atoms with Crippen molar-refractivity contribution in [1.82, 2.24) is 5.06 Å². The molecule has 2 unspecified atom stereocenters. The molecule has 5 rings (SSSR count). The van der Waals surface area contributed by atoms with Crippen molar-refractivity contribution in [2.75, 3.05) is 69.6 Å². The first-order chi connectivity index (χ1) is 32.2. The van der Waals surface area contributed by atoms with Crippen LogP contribution in [0.5, 0.6) is 0 Å². The van der Waals surface area contributed by atoms with Gasteiger partial charge in [0.05, 0.1) is 68.3 Å². The Kier molecular flexibility index (Phi) is 18.0. The number of fused-ring (bicyclic) bond motifs is 2. The van der Waals surface area contributed by atoms with Gasteiger partial charge >= 0.3 is 5.97 Å². The number of methoxy groups -OCH3 is 1. The molecule has 380 valence electrons. The van der Waals surface area contributed by atoms with Gasteiger partial charge < -0.3 is 42.2 Å². The van der Waals surface area contributed by atoms with Crippen LogP contribution in [0.25, 0.3) is 0 Å². The number of allylic oxidation sites excluding steroid dienone is 6. The zero-order valence-corrected chi connectivity index (χ0v) is 41.2. The molecule has 1 fully saturated rings. The third kappa shape index (κ3) is 14.2. The van der Waals surface area contributed by atoms with Crippen molar-refractivity contribution in [1.29, 1.82) is 0 Å². The van der Waals surface area contributed by atoms with Gasteiger partial charge in [-0.3, -0.25) is 9.59 Å². The summed E-state index contributed by atoms with van der Waals surface area (Å²) >= 11 is 0. The fourth-order valence-electron chi connectivity index (χ4n) is 8.56. The molecule has 2 amide bonds. The maximum atomic E-state index is 12.4. The van der Waals surface area contributed by atoms with Crippen LogP contribution in [0.3, 0.4) is 0 Å². The number of ether oxygens (including phenoxy) is 3. The van der Waals surface area contributed by atoms with Gasteiger partial charge in [-0.15, -0.1) is 5.06 Å². The Morgan fingerprint density at radius 3 is 1.90 bits per heavy atom. The number of anilines is 1. The van der Waals surface area contributed by atoms with Crippen molar-refractivity contribution < 1.29 is 89.9 Å². The van der Waals surface area contributed by atoms with Crippen LogP contribution in [0.2, 0.25) is 0 Å². The van der Waals surface area contributed by atoms with Crippen LogP contribution in [-0.2, 0) is 84.7 Å². The van der Waals surface area contributed by atoms with Crippen LogP contribution >= 0.6 is 0 Å². The molecule has 0 aromatic heterocycles. The van der Waals surface area contributed by atoms with Gasteiger partial charge in [-0.2, -0.15) is 4.58 Å². The van der Waals surface area contributed by atoms with E-state index in [0.717, 1.165) is 12.1 Å². The number of hydroxylamine groups is 2. The van der Waals surface area contributed by atoms with E-state index in [1.54, 1.807) is 48.8 Å². The van der Waals surface area contributed by atoms with Crippen molar-refractivity contribution in [3.05, 3.63) is 83.6 Å². The number of carbonyl (C=O) groups excluding carboxylic acids is 3. The van der Waals surface area contributed by atoms with Crippen LogP contribution in [0, 0.1) is 0 Å². The second-order valence-corrected chi connectivity index (χ2v) is 22.5. The minimum absolute atomic E-state index is 0.0213. The molecule has 3 aliphatic heterocycles. The quantitative estimate of drug-likeness (QED) is 0.0427. The second-order valence-electron chi connectivity index (χ2n) is 16.7. The smallest absolute Gasteiger partial charge is 0.335 e. The lowest BCUT2D eigenvalue weighted by molar-refractivity contribution is -0.442. The molecule has 3 heterocycles. The van der Waals surface area contributed by atoms with Crippen LogP contribution in [0.4, 0.5) is 11.4 Å². The van der Waals surface area contributed by atoms with Crippen LogP contribution in [0.15, 0.2) is 82.3 Å². The summed E-state index contributed by atoms with van der Waals surface area (Å²) in [4.78, 5) is 41.7. The first-order valence-corrected chi connectivity index (χ1v) is 27.4. The van der Waals surface area contributed by atoms with E-state index in [-0.39, 0.29) is 84.5 Å². The molecule has 69 heavy (non-hydrogen) atoms. The van der Waals surface area contributed by atoms with Gasteiger partial charge in [0.2, 0.25) is 5.69 Å². The first-order valence-electron chi connectivity index (χ1n) is 21.5. The predicted octanol–water partition coefficient (Wildman–Crippen LogP) is 1.95. The minimum Gasteiger partial charge on any atom is -0.748 e. The topological polar surface area (TPSA) is 326 Å². The fraction of sp³-hybridized carbons (Fsp3) is 0.488. The van der Waals surface area contributed by atoms with Crippen molar-refractivity contribution >= 4 is 75.3 Å². The Morgan fingerprint density at radius 1 is 0.725 bits per heavy atom. The SMILES string of the molecule is COCCOCCN1/C(=C/C=C/C=C/C2=[N+](CCOCCC(=O)ON3C(=O)CCC3=O)c3ccc(S(=O)(=O)[O-])cc3C2(C)CCCS(=O)(=O)[O-])C(C)(CCCS(=O)(=O)[O-])c2cc(S(=O)(=O)[O-])ccc21. The monoisotopic (exact) mass is 1040 g/mol. The van der Waals surface area contributed by atoms with E-state index in [2.05, 4.69) is 0 Å². The van der Waals surface area contributed by atoms with Crippen molar-refractivity contribution in [3.8, 4) is 0 Å². The van der Waals surface area contributed by atoms with E-state index in [9.17, 15) is 66.3 Å². The largest absolute Gasteiger partial charge is 0.748 e. The highest BCUT2D eigenvalue weighted by atomic mass is 32.2. The molecule has 2 aromatic carbocycles. The van der Waals surface area contributed by atoms with E-state index in [1.165, 1.54) is 31.4 Å². The number of carbonyl (C=O) groups is 3. The fourth-order valence-corrected chi connectivity index (χ4v) is 10.6. The van der Waals surface area contributed by atoms with Crippen molar-refractivity contribution in [2.45, 2.75) is 79.4 Å². The average Bonchev–Trinajstić information content (AvgIpc) is 3.77. The molecule has 1 saturated heterocycles. The summed E-state index contributed by atoms with van der Waals surface area (Å²) in [7, 11) is -17.7. The highest BCUT2D eigenvalue weighted by Crippen LogP contribution is 2.51. The van der Waals surface area contributed by atoms with Gasteiger partial charge in [0.15, 0.2) is 12.3 Å². The lowest BCUT2D eigenvalue weighted by Gasteiger charge is -2.30. The van der Waals surface area contributed by atoms with E-state index in [1.807, 2.05) is 4.90 Å². The Labute approximate surface area is 401 Å². The van der Waals surface area contributed by atoms with Crippen LogP contribution < -0.4 is 4.90 Å². The lowest BCUT2D eigenvalue weighted by atomic mass is 9.76. The number of amides is 2. The summed E-state index contributed by atoms with van der Waals surface area (Å²) in [6, 6.07) is 7.54. The molecule has 0 aliphatic carbocycles. The van der Waals surface area contributed by atoms with Gasteiger partial charge in [0, 0.05) is 72.5 Å². The van der Waals surface area contributed by atoms with Gasteiger partial charge in [-0.05, 0) is 81.5 Å². The van der Waals surface area contributed by atoms with Crippen molar-refractivity contribution in [2.24, 2.45) is 0 Å². The molecule has 0 spiro atoms. The summed E-state index contributed by atoms with van der Waals surface area (Å²) in [6.45, 7) is 4.07. The zero-order chi connectivity index (χ0) is 51.0. The number of rotatable bonds is 26. The summed E-state index contributed by atoms with van der Waals surface area (Å²) in [5.74, 6) is -3.68. The summed E-state index contributed by atoms with van der Waals surface area (Å²) < 4.78 is 162. The predicted molar refractivity (Wildman–Crippen MR) is 240 cm³/mol. The molecule has 2 atom stereocenters. The maximum absolute atomic E-state index is 12.4. The Balaban J connectivity index is 1.53. The van der Waals surface area contributed by atoms with Gasteiger partial charge in [0.1, 0.15) is 26.8 Å². The molecule has 0 saturated carbocycles. The highest BCUT2D eigenvalue weighted by Gasteiger charge is 2.48. The molecule has 0 radical (unpaired) electrons. The second kappa shape index (κ2) is 22.6. The van der Waals surface area contributed by atoms with Gasteiger partial charge in [-0.25, -0.2) is 38.5 Å². The minimum atomic E-state index is -4.98.